The Morgan fingerprint density at radius 3 is 2.40 bits per heavy atom. The molecule has 0 spiro atoms. The van der Waals surface area contributed by atoms with Crippen molar-refractivity contribution < 1.29 is 9.47 Å². The van der Waals surface area contributed by atoms with E-state index < -0.39 is 0 Å². The summed E-state index contributed by atoms with van der Waals surface area (Å²) in [5.41, 5.74) is 2.57. The van der Waals surface area contributed by atoms with Crippen LogP contribution in [-0.4, -0.2) is 66.4 Å². The summed E-state index contributed by atoms with van der Waals surface area (Å²) in [5, 5.41) is 3.40. The maximum Gasteiger partial charge on any atom is 0.322 e. The zero-order valence-electron chi connectivity index (χ0n) is 17.8. The van der Waals surface area contributed by atoms with Gasteiger partial charge in [-0.25, -0.2) is 0 Å². The Morgan fingerprint density at radius 2 is 1.67 bits per heavy atom. The van der Waals surface area contributed by atoms with Gasteiger partial charge in [0.25, 0.3) is 0 Å². The van der Waals surface area contributed by atoms with Gasteiger partial charge in [-0.05, 0) is 24.0 Å². The Morgan fingerprint density at radius 1 is 0.933 bits per heavy atom. The molecule has 2 aliphatic heterocycles. The molecule has 162 valence electrons. The highest BCUT2D eigenvalue weighted by atomic mass is 16.5. The Labute approximate surface area is 178 Å². The molecule has 0 atom stereocenters. The largest absolute Gasteiger partial charge is 0.467 e. The van der Waals surface area contributed by atoms with Gasteiger partial charge in [0.2, 0.25) is 11.9 Å². The Balaban J connectivity index is 1.46. The van der Waals surface area contributed by atoms with Crippen LogP contribution in [0, 0.1) is 0 Å². The summed E-state index contributed by atoms with van der Waals surface area (Å²) in [6.45, 7) is 7.13. The topological polar surface area (TPSA) is 75.6 Å². The summed E-state index contributed by atoms with van der Waals surface area (Å²) in [6.07, 6.45) is 4.88. The van der Waals surface area contributed by atoms with E-state index in [1.807, 2.05) is 0 Å². The minimum Gasteiger partial charge on any atom is -0.467 e. The van der Waals surface area contributed by atoms with Crippen LogP contribution in [0.4, 0.5) is 11.9 Å². The molecule has 0 saturated carbocycles. The van der Waals surface area contributed by atoms with E-state index in [2.05, 4.69) is 49.4 Å². The molecule has 0 radical (unpaired) electrons. The van der Waals surface area contributed by atoms with Crippen molar-refractivity contribution in [2.24, 2.45) is 0 Å². The van der Waals surface area contributed by atoms with Crippen molar-refractivity contribution in [2.45, 2.75) is 38.8 Å². The fourth-order valence-electron chi connectivity index (χ4n) is 3.99. The number of ether oxygens (including phenoxy) is 2. The molecule has 4 rings (SSSR count). The highest BCUT2D eigenvalue weighted by Crippen LogP contribution is 2.20. The van der Waals surface area contributed by atoms with E-state index >= 15 is 0 Å². The first-order valence-corrected chi connectivity index (χ1v) is 11.0. The lowest BCUT2D eigenvalue weighted by Gasteiger charge is -2.27. The standard InChI is InChI=1S/C22H32N6O2/c1-29-22-25-20(24-21(26-22)28-10-6-2-3-7-11-28)23-16-18-8-4-5-9-19(18)17-27-12-14-30-15-13-27/h4-5,8-9H,2-3,6-7,10-17H2,1H3,(H,23,24,25,26). The molecule has 0 aliphatic carbocycles. The second kappa shape index (κ2) is 10.5. The molecule has 1 aromatic heterocycles. The van der Waals surface area contributed by atoms with Gasteiger partial charge in [-0.15, -0.1) is 0 Å². The van der Waals surface area contributed by atoms with E-state index in [0.29, 0.717) is 24.5 Å². The van der Waals surface area contributed by atoms with Crippen LogP contribution >= 0.6 is 0 Å². The molecule has 1 aromatic carbocycles. The Kier molecular flexibility index (Phi) is 7.31. The molecule has 0 unspecified atom stereocenters. The van der Waals surface area contributed by atoms with Gasteiger partial charge < -0.3 is 19.7 Å². The Bertz CT molecular complexity index is 804. The van der Waals surface area contributed by atoms with Crippen LogP contribution in [-0.2, 0) is 17.8 Å². The third kappa shape index (κ3) is 5.58. The number of nitrogens with one attached hydrogen (secondary N) is 1. The molecular formula is C22H32N6O2. The van der Waals surface area contributed by atoms with E-state index in [0.717, 1.165) is 45.9 Å². The first-order valence-electron chi connectivity index (χ1n) is 11.0. The van der Waals surface area contributed by atoms with Crippen LogP contribution in [0.5, 0.6) is 6.01 Å². The number of anilines is 2. The smallest absolute Gasteiger partial charge is 0.322 e. The molecule has 1 N–H and O–H groups in total. The molecular weight excluding hydrogens is 380 g/mol. The fourth-order valence-corrected chi connectivity index (χ4v) is 3.99. The lowest BCUT2D eigenvalue weighted by atomic mass is 10.1. The molecule has 2 aliphatic rings. The predicted octanol–water partition coefficient (Wildman–Crippen LogP) is 2.70. The fraction of sp³-hybridized carbons (Fsp3) is 0.591. The molecule has 0 amide bonds. The third-order valence-electron chi connectivity index (χ3n) is 5.73. The van der Waals surface area contributed by atoms with Crippen LogP contribution in [0.15, 0.2) is 24.3 Å². The van der Waals surface area contributed by atoms with Gasteiger partial charge in [0.15, 0.2) is 0 Å². The van der Waals surface area contributed by atoms with Crippen molar-refractivity contribution in [3.05, 3.63) is 35.4 Å². The van der Waals surface area contributed by atoms with Gasteiger partial charge >= 0.3 is 6.01 Å². The maximum atomic E-state index is 5.47. The average molecular weight is 413 g/mol. The SMILES string of the molecule is COc1nc(NCc2ccccc2CN2CCOCC2)nc(N2CCCCCC2)n1. The van der Waals surface area contributed by atoms with Crippen LogP contribution < -0.4 is 15.0 Å². The van der Waals surface area contributed by atoms with Crippen molar-refractivity contribution >= 4 is 11.9 Å². The minimum absolute atomic E-state index is 0.355. The van der Waals surface area contributed by atoms with E-state index in [1.165, 1.54) is 36.8 Å². The monoisotopic (exact) mass is 412 g/mol. The van der Waals surface area contributed by atoms with Gasteiger partial charge in [0.1, 0.15) is 0 Å². The summed E-state index contributed by atoms with van der Waals surface area (Å²) in [6, 6.07) is 8.90. The molecule has 2 fully saturated rings. The quantitative estimate of drug-likeness (QED) is 0.744. The first kappa shape index (κ1) is 20.8. The van der Waals surface area contributed by atoms with Crippen LogP contribution in [0.3, 0.4) is 0 Å². The van der Waals surface area contributed by atoms with E-state index in [9.17, 15) is 0 Å². The zero-order chi connectivity index (χ0) is 20.6. The lowest BCUT2D eigenvalue weighted by molar-refractivity contribution is 0.0341. The molecule has 3 heterocycles. The van der Waals surface area contributed by atoms with Crippen LogP contribution in [0.2, 0.25) is 0 Å². The number of benzene rings is 1. The summed E-state index contributed by atoms with van der Waals surface area (Å²) < 4.78 is 10.8. The number of hydrogen-bond acceptors (Lipinski definition) is 8. The number of hydrogen-bond donors (Lipinski definition) is 1. The van der Waals surface area contributed by atoms with Gasteiger partial charge in [-0.3, -0.25) is 4.90 Å². The number of aromatic nitrogens is 3. The zero-order valence-corrected chi connectivity index (χ0v) is 17.8. The highest BCUT2D eigenvalue weighted by Gasteiger charge is 2.17. The normalized spacial score (nSPS) is 18.1. The molecule has 30 heavy (non-hydrogen) atoms. The second-order valence-electron chi connectivity index (χ2n) is 7.86. The van der Waals surface area contributed by atoms with Gasteiger partial charge in [0.05, 0.1) is 20.3 Å². The number of methoxy groups -OCH3 is 1. The van der Waals surface area contributed by atoms with E-state index in [1.54, 1.807) is 7.11 Å². The highest BCUT2D eigenvalue weighted by molar-refractivity contribution is 5.40. The van der Waals surface area contributed by atoms with Gasteiger partial charge in [0, 0.05) is 39.3 Å². The van der Waals surface area contributed by atoms with Crippen molar-refractivity contribution in [2.75, 3.05) is 56.7 Å². The van der Waals surface area contributed by atoms with Crippen molar-refractivity contribution in [3.63, 3.8) is 0 Å². The Hall–Kier alpha value is -2.45. The van der Waals surface area contributed by atoms with Gasteiger partial charge in [-0.1, -0.05) is 37.1 Å². The van der Waals surface area contributed by atoms with Crippen molar-refractivity contribution in [1.82, 2.24) is 19.9 Å². The summed E-state index contributed by atoms with van der Waals surface area (Å²) in [5.74, 6) is 1.26. The molecule has 2 aromatic rings. The number of nitrogens with zero attached hydrogens (tertiary/aromatic N) is 5. The van der Waals surface area contributed by atoms with Crippen LogP contribution in [0.25, 0.3) is 0 Å². The molecule has 0 bridgehead atoms. The van der Waals surface area contributed by atoms with Crippen molar-refractivity contribution in [3.8, 4) is 6.01 Å². The maximum absolute atomic E-state index is 5.47. The predicted molar refractivity (Wildman–Crippen MR) is 117 cm³/mol. The summed E-state index contributed by atoms with van der Waals surface area (Å²) in [4.78, 5) is 18.3. The lowest BCUT2D eigenvalue weighted by Crippen LogP contribution is -2.35. The molecule has 8 heteroatoms. The third-order valence-corrected chi connectivity index (χ3v) is 5.73. The second-order valence-corrected chi connectivity index (χ2v) is 7.86. The van der Waals surface area contributed by atoms with Crippen molar-refractivity contribution in [1.29, 1.82) is 0 Å². The number of rotatable bonds is 7. The van der Waals surface area contributed by atoms with Crippen LogP contribution in [0.1, 0.15) is 36.8 Å². The summed E-state index contributed by atoms with van der Waals surface area (Å²) >= 11 is 0. The first-order chi connectivity index (χ1) is 14.8. The average Bonchev–Trinajstić information content (AvgIpc) is 3.09. The van der Waals surface area contributed by atoms with E-state index in [4.69, 9.17) is 14.5 Å². The molecule has 8 nitrogen and oxygen atoms in total. The molecule has 2 saturated heterocycles. The minimum atomic E-state index is 0.355. The summed E-state index contributed by atoms with van der Waals surface area (Å²) in [7, 11) is 1.60. The van der Waals surface area contributed by atoms with Gasteiger partial charge in [-0.2, -0.15) is 15.0 Å². The number of morpholine rings is 1. The van der Waals surface area contributed by atoms with E-state index in [-0.39, 0.29) is 0 Å².